The number of rotatable bonds is 2. The fourth-order valence-corrected chi connectivity index (χ4v) is 4.39. The fraction of sp³-hybridized carbons (Fsp3) is 1.00. The first kappa shape index (κ1) is 16.1. The number of halogens is 3. The average Bonchev–Trinajstić information content (AvgIpc) is 2.48. The molecule has 2 rings (SSSR count). The molecule has 0 aromatic heterocycles. The van der Waals surface area contributed by atoms with Crippen molar-refractivity contribution < 1.29 is 13.2 Å². The van der Waals surface area contributed by atoms with Crippen LogP contribution >= 0.6 is 0 Å². The van der Waals surface area contributed by atoms with Gasteiger partial charge in [0.2, 0.25) is 0 Å². The van der Waals surface area contributed by atoms with E-state index in [1.807, 2.05) is 0 Å². The lowest BCUT2D eigenvalue weighted by molar-refractivity contribution is -0.274. The third-order valence-electron chi connectivity index (χ3n) is 4.73. The van der Waals surface area contributed by atoms with Gasteiger partial charge in [0, 0.05) is 29.7 Å². The van der Waals surface area contributed by atoms with Crippen molar-refractivity contribution in [3.05, 3.63) is 0 Å². The van der Waals surface area contributed by atoms with Gasteiger partial charge in [-0.3, -0.25) is 4.90 Å². The molecule has 2 atom stereocenters. The van der Waals surface area contributed by atoms with Gasteiger partial charge in [-0.2, -0.15) is 13.2 Å². The lowest BCUT2D eigenvalue weighted by atomic mass is 9.90. The monoisotopic (exact) mass is 292 g/mol. The average molecular weight is 292 g/mol. The normalized spacial score (nSPS) is 32.4. The molecule has 0 saturated carbocycles. The molecule has 20 heavy (non-hydrogen) atoms. The van der Waals surface area contributed by atoms with Crippen LogP contribution in [0.4, 0.5) is 13.2 Å². The van der Waals surface area contributed by atoms with Crippen molar-refractivity contribution >= 4 is 0 Å². The molecule has 2 heterocycles. The Kier molecular flexibility index (Phi) is 4.15. The summed E-state index contributed by atoms with van der Waals surface area (Å²) in [6.45, 7) is 9.80. The molecule has 2 nitrogen and oxygen atoms in total. The Morgan fingerprint density at radius 1 is 1.00 bits per heavy atom. The van der Waals surface area contributed by atoms with Gasteiger partial charge in [0.1, 0.15) is 0 Å². The fourth-order valence-electron chi connectivity index (χ4n) is 4.39. The summed E-state index contributed by atoms with van der Waals surface area (Å²) in [6, 6.07) is -0.226. The molecule has 2 fully saturated rings. The first-order valence-electron chi connectivity index (χ1n) is 7.65. The SMILES string of the molecule is CC(C)N(C1CC2CCC(C1)N2C(C)(C)C)C(F)(F)F. The van der Waals surface area contributed by atoms with Gasteiger partial charge in [0.05, 0.1) is 0 Å². The van der Waals surface area contributed by atoms with Crippen LogP contribution in [-0.2, 0) is 0 Å². The number of hydrogen-bond donors (Lipinski definition) is 0. The second-order valence-corrected chi connectivity index (χ2v) is 7.56. The molecule has 0 aromatic rings. The third kappa shape index (κ3) is 2.98. The van der Waals surface area contributed by atoms with E-state index in [-0.39, 0.29) is 11.6 Å². The van der Waals surface area contributed by atoms with Gasteiger partial charge in [-0.25, -0.2) is 4.90 Å². The van der Waals surface area contributed by atoms with Gasteiger partial charge in [0.25, 0.3) is 0 Å². The van der Waals surface area contributed by atoms with Crippen LogP contribution in [0.25, 0.3) is 0 Å². The van der Waals surface area contributed by atoms with Gasteiger partial charge < -0.3 is 0 Å². The van der Waals surface area contributed by atoms with E-state index < -0.39 is 12.3 Å². The summed E-state index contributed by atoms with van der Waals surface area (Å²) in [7, 11) is 0. The van der Waals surface area contributed by atoms with E-state index in [1.54, 1.807) is 13.8 Å². The van der Waals surface area contributed by atoms with Crippen molar-refractivity contribution in [2.24, 2.45) is 0 Å². The first-order chi connectivity index (χ1) is 9.01. The Morgan fingerprint density at radius 3 is 1.75 bits per heavy atom. The zero-order valence-corrected chi connectivity index (χ0v) is 13.2. The minimum atomic E-state index is -4.22. The standard InChI is InChI=1S/C15H27F3N2/c1-10(2)19(15(16,17)18)13-8-11-6-7-12(9-13)20(11)14(3,4)5/h10-13H,6-9H2,1-5H3. The summed E-state index contributed by atoms with van der Waals surface area (Å²) >= 11 is 0. The van der Waals surface area contributed by atoms with Gasteiger partial charge in [-0.05, 0) is 60.3 Å². The molecule has 2 aliphatic heterocycles. The largest absolute Gasteiger partial charge is 0.460 e. The van der Waals surface area contributed by atoms with E-state index in [4.69, 9.17) is 0 Å². The number of piperidine rings is 1. The molecule has 2 aliphatic rings. The molecule has 2 saturated heterocycles. The van der Waals surface area contributed by atoms with Crippen LogP contribution < -0.4 is 0 Å². The molecule has 0 N–H and O–H groups in total. The highest BCUT2D eigenvalue weighted by atomic mass is 19.4. The molecule has 2 bridgehead atoms. The summed E-state index contributed by atoms with van der Waals surface area (Å²) in [4.78, 5) is 3.23. The Bertz CT molecular complexity index is 332. The maximum atomic E-state index is 13.3. The third-order valence-corrected chi connectivity index (χ3v) is 4.73. The van der Waals surface area contributed by atoms with E-state index >= 15 is 0 Å². The molecule has 0 spiro atoms. The van der Waals surface area contributed by atoms with Crippen molar-refractivity contribution in [3.8, 4) is 0 Å². The summed E-state index contributed by atoms with van der Waals surface area (Å²) in [6.07, 6.45) is -0.844. The number of nitrogens with zero attached hydrogens (tertiary/aromatic N) is 2. The number of fused-ring (bicyclic) bond motifs is 2. The van der Waals surface area contributed by atoms with Gasteiger partial charge in [0.15, 0.2) is 0 Å². The van der Waals surface area contributed by atoms with Crippen LogP contribution in [-0.4, -0.2) is 45.8 Å². The number of hydrogen-bond acceptors (Lipinski definition) is 2. The molecule has 5 heteroatoms. The van der Waals surface area contributed by atoms with Gasteiger partial charge in [-0.15, -0.1) is 0 Å². The summed E-state index contributed by atoms with van der Waals surface area (Å²) in [5.74, 6) is 0. The highest BCUT2D eigenvalue weighted by Crippen LogP contribution is 2.44. The minimum Gasteiger partial charge on any atom is -0.292 e. The Hall–Kier alpha value is -0.290. The lowest BCUT2D eigenvalue weighted by Gasteiger charge is -2.49. The van der Waals surface area contributed by atoms with Gasteiger partial charge in [-0.1, -0.05) is 0 Å². The van der Waals surface area contributed by atoms with Gasteiger partial charge >= 0.3 is 6.30 Å². The van der Waals surface area contributed by atoms with E-state index in [1.165, 1.54) is 0 Å². The Labute approximate surface area is 120 Å². The maximum absolute atomic E-state index is 13.3. The van der Waals surface area contributed by atoms with Crippen molar-refractivity contribution in [2.75, 3.05) is 0 Å². The second-order valence-electron chi connectivity index (χ2n) is 7.56. The topological polar surface area (TPSA) is 6.48 Å². The summed E-state index contributed by atoms with van der Waals surface area (Å²) in [5, 5.41) is 0. The van der Waals surface area contributed by atoms with Crippen molar-refractivity contribution in [3.63, 3.8) is 0 Å². The van der Waals surface area contributed by atoms with E-state index in [0.29, 0.717) is 24.9 Å². The molecule has 0 radical (unpaired) electrons. The molecule has 0 amide bonds. The highest BCUT2D eigenvalue weighted by Gasteiger charge is 2.51. The second kappa shape index (κ2) is 5.16. The maximum Gasteiger partial charge on any atom is 0.460 e. The van der Waals surface area contributed by atoms with Crippen LogP contribution in [0.5, 0.6) is 0 Å². The van der Waals surface area contributed by atoms with E-state index in [2.05, 4.69) is 25.7 Å². The zero-order valence-electron chi connectivity index (χ0n) is 13.2. The van der Waals surface area contributed by atoms with Crippen LogP contribution in [0.2, 0.25) is 0 Å². The Balaban J connectivity index is 2.16. The molecular formula is C15H27F3N2. The van der Waals surface area contributed by atoms with Crippen LogP contribution in [0.15, 0.2) is 0 Å². The first-order valence-corrected chi connectivity index (χ1v) is 7.65. The van der Waals surface area contributed by atoms with Crippen molar-refractivity contribution in [1.29, 1.82) is 0 Å². The van der Waals surface area contributed by atoms with E-state index in [9.17, 15) is 13.2 Å². The summed E-state index contributed by atoms with van der Waals surface area (Å²) < 4.78 is 39.8. The molecule has 0 aliphatic carbocycles. The predicted molar refractivity (Wildman–Crippen MR) is 74.5 cm³/mol. The van der Waals surface area contributed by atoms with Crippen LogP contribution in [0.1, 0.15) is 60.3 Å². The quantitative estimate of drug-likeness (QED) is 0.710. The van der Waals surface area contributed by atoms with E-state index in [0.717, 1.165) is 17.7 Å². The highest BCUT2D eigenvalue weighted by molar-refractivity contribution is 5.02. The number of alkyl halides is 3. The van der Waals surface area contributed by atoms with Crippen LogP contribution in [0.3, 0.4) is 0 Å². The lowest BCUT2D eigenvalue weighted by Crippen LogP contribution is -2.59. The van der Waals surface area contributed by atoms with Crippen LogP contribution in [0, 0.1) is 0 Å². The molecule has 118 valence electrons. The van der Waals surface area contributed by atoms with Crippen molar-refractivity contribution in [2.45, 2.75) is 96.3 Å². The zero-order chi connectivity index (χ0) is 15.3. The molecule has 0 aromatic carbocycles. The molecule has 2 unspecified atom stereocenters. The predicted octanol–water partition coefficient (Wildman–Crippen LogP) is 4.01. The minimum absolute atomic E-state index is 0.0533. The smallest absolute Gasteiger partial charge is 0.292 e. The molecular weight excluding hydrogens is 265 g/mol. The van der Waals surface area contributed by atoms with Crippen molar-refractivity contribution in [1.82, 2.24) is 9.80 Å². The Morgan fingerprint density at radius 2 is 1.45 bits per heavy atom. The summed E-state index contributed by atoms with van der Waals surface area (Å²) in [5.41, 5.74) is 0.0533.